The molecule has 1 amide bonds. The van der Waals surface area contributed by atoms with E-state index < -0.39 is 0 Å². The van der Waals surface area contributed by atoms with E-state index >= 15 is 0 Å². The van der Waals surface area contributed by atoms with Crippen LogP contribution in [0.15, 0.2) is 30.6 Å². The molecule has 1 aliphatic rings. The fourth-order valence-corrected chi connectivity index (χ4v) is 2.30. The normalized spacial score (nSPS) is 13.8. The molecule has 7 heteroatoms. The van der Waals surface area contributed by atoms with Crippen molar-refractivity contribution in [2.45, 2.75) is 19.5 Å². The van der Waals surface area contributed by atoms with Crippen molar-refractivity contribution in [3.63, 3.8) is 0 Å². The average Bonchev–Trinajstić information content (AvgIpc) is 2.94. The third kappa shape index (κ3) is 3.13. The molecule has 0 saturated carbocycles. The topological polar surface area (TPSA) is 86.3 Å². The predicted molar refractivity (Wildman–Crippen MR) is 76.4 cm³/mol. The summed E-state index contributed by atoms with van der Waals surface area (Å²) in [6, 6.07) is 7.18. The Hall–Kier alpha value is -2.57. The second-order valence-corrected chi connectivity index (χ2v) is 4.93. The molecule has 1 aromatic heterocycles. The van der Waals surface area contributed by atoms with Gasteiger partial charge in [0.1, 0.15) is 12.1 Å². The van der Waals surface area contributed by atoms with Crippen LogP contribution in [-0.2, 0) is 17.9 Å². The molecule has 110 valence electrons. The van der Waals surface area contributed by atoms with Crippen LogP contribution in [0.1, 0.15) is 12.2 Å². The fourth-order valence-electron chi connectivity index (χ4n) is 2.30. The highest BCUT2D eigenvalue weighted by Crippen LogP contribution is 2.15. The number of fused-ring (bicyclic) bond motifs is 1. The smallest absolute Gasteiger partial charge is 0.226 e. The van der Waals surface area contributed by atoms with Crippen molar-refractivity contribution >= 4 is 11.6 Å². The number of anilines is 1. The van der Waals surface area contributed by atoms with Crippen LogP contribution < -0.4 is 10.5 Å². The van der Waals surface area contributed by atoms with E-state index in [9.17, 15) is 4.79 Å². The molecule has 0 spiro atoms. The molecule has 0 atom stereocenters. The minimum absolute atomic E-state index is 0.0631. The zero-order valence-electron chi connectivity index (χ0n) is 11.6. The highest BCUT2D eigenvalue weighted by molar-refractivity contribution is 5.76. The van der Waals surface area contributed by atoms with Crippen molar-refractivity contribution in [1.29, 1.82) is 0 Å². The first-order valence-corrected chi connectivity index (χ1v) is 6.85. The molecule has 0 unspecified atom stereocenters. The molecule has 0 fully saturated rings. The molecular weight excluding hydrogens is 270 g/mol. The number of hydrogen-bond donors (Lipinski definition) is 1. The Bertz CT molecular complexity index is 640. The highest BCUT2D eigenvalue weighted by atomic mass is 16.5. The lowest BCUT2D eigenvalue weighted by molar-refractivity contribution is -0.133. The van der Waals surface area contributed by atoms with Crippen molar-refractivity contribution < 1.29 is 9.53 Å². The summed E-state index contributed by atoms with van der Waals surface area (Å²) in [6.45, 7) is 2.27. The maximum atomic E-state index is 12.2. The molecule has 1 aliphatic heterocycles. The summed E-state index contributed by atoms with van der Waals surface area (Å²) in [5.41, 5.74) is 6.32. The molecule has 0 saturated heterocycles. The highest BCUT2D eigenvalue weighted by Gasteiger charge is 2.21. The van der Waals surface area contributed by atoms with Crippen LogP contribution in [0.2, 0.25) is 0 Å². The summed E-state index contributed by atoms with van der Waals surface area (Å²) in [5, 5.41) is 7.85. The van der Waals surface area contributed by atoms with E-state index in [2.05, 4.69) is 10.2 Å². The molecule has 3 rings (SSSR count). The zero-order valence-corrected chi connectivity index (χ0v) is 11.6. The van der Waals surface area contributed by atoms with Gasteiger partial charge in [-0.15, -0.1) is 10.2 Å². The summed E-state index contributed by atoms with van der Waals surface area (Å²) in [7, 11) is 0. The van der Waals surface area contributed by atoms with Gasteiger partial charge in [-0.2, -0.15) is 0 Å². The zero-order chi connectivity index (χ0) is 14.7. The number of nitrogens with zero attached hydrogens (tertiary/aromatic N) is 4. The molecule has 21 heavy (non-hydrogen) atoms. The monoisotopic (exact) mass is 287 g/mol. The van der Waals surface area contributed by atoms with E-state index in [0.29, 0.717) is 37.6 Å². The minimum atomic E-state index is 0.0631. The van der Waals surface area contributed by atoms with Crippen LogP contribution in [0, 0.1) is 0 Å². The number of hydrogen-bond acceptors (Lipinski definition) is 5. The maximum absolute atomic E-state index is 12.2. The summed E-state index contributed by atoms with van der Waals surface area (Å²) in [5.74, 6) is 1.57. The van der Waals surface area contributed by atoms with Gasteiger partial charge in [0.25, 0.3) is 0 Å². The standard InChI is InChI=1S/C14H17N5O2/c15-11-2-1-3-12(8-11)21-7-4-14(20)18-5-6-19-10-16-17-13(19)9-18/h1-3,8,10H,4-7,9,15H2. The maximum Gasteiger partial charge on any atom is 0.226 e. The van der Waals surface area contributed by atoms with Crippen molar-refractivity contribution in [2.75, 3.05) is 18.9 Å². The summed E-state index contributed by atoms with van der Waals surface area (Å²) >= 11 is 0. The van der Waals surface area contributed by atoms with Gasteiger partial charge in [0, 0.05) is 24.8 Å². The molecule has 2 heterocycles. The Balaban J connectivity index is 1.49. The van der Waals surface area contributed by atoms with Gasteiger partial charge in [0.2, 0.25) is 5.91 Å². The van der Waals surface area contributed by atoms with Crippen LogP contribution >= 0.6 is 0 Å². The van der Waals surface area contributed by atoms with Gasteiger partial charge in [-0.3, -0.25) is 4.79 Å². The molecule has 2 aromatic rings. The Morgan fingerprint density at radius 1 is 1.38 bits per heavy atom. The van der Waals surface area contributed by atoms with E-state index in [1.807, 2.05) is 16.7 Å². The molecule has 2 N–H and O–H groups in total. The van der Waals surface area contributed by atoms with E-state index in [1.54, 1.807) is 23.4 Å². The quantitative estimate of drug-likeness (QED) is 0.835. The number of nitrogens with two attached hydrogens (primary N) is 1. The van der Waals surface area contributed by atoms with Gasteiger partial charge < -0.3 is 19.9 Å². The number of amides is 1. The van der Waals surface area contributed by atoms with Gasteiger partial charge >= 0.3 is 0 Å². The number of carbonyl (C=O) groups is 1. The fraction of sp³-hybridized carbons (Fsp3) is 0.357. The summed E-state index contributed by atoms with van der Waals surface area (Å²) in [6.07, 6.45) is 2.03. The van der Waals surface area contributed by atoms with Crippen molar-refractivity contribution in [2.24, 2.45) is 0 Å². The Kier molecular flexibility index (Phi) is 3.72. The minimum Gasteiger partial charge on any atom is -0.493 e. The molecule has 7 nitrogen and oxygen atoms in total. The lowest BCUT2D eigenvalue weighted by atomic mass is 10.3. The molecule has 1 aromatic carbocycles. The summed E-state index contributed by atoms with van der Waals surface area (Å²) in [4.78, 5) is 13.9. The number of nitrogen functional groups attached to an aromatic ring is 1. The number of ether oxygens (including phenoxy) is 1. The van der Waals surface area contributed by atoms with E-state index in [1.165, 1.54) is 0 Å². The van der Waals surface area contributed by atoms with E-state index in [4.69, 9.17) is 10.5 Å². The van der Waals surface area contributed by atoms with Crippen LogP contribution in [0.4, 0.5) is 5.69 Å². The van der Waals surface area contributed by atoms with Gasteiger partial charge in [-0.1, -0.05) is 6.07 Å². The second kappa shape index (κ2) is 5.82. The first-order chi connectivity index (χ1) is 10.2. The molecule has 0 bridgehead atoms. The third-order valence-corrected chi connectivity index (χ3v) is 3.43. The summed E-state index contributed by atoms with van der Waals surface area (Å²) < 4.78 is 7.51. The number of aromatic nitrogens is 3. The average molecular weight is 287 g/mol. The molecule has 0 aliphatic carbocycles. The van der Waals surface area contributed by atoms with Gasteiger partial charge in [0.05, 0.1) is 19.6 Å². The SMILES string of the molecule is Nc1cccc(OCCC(=O)N2CCn3cnnc3C2)c1. The van der Waals surface area contributed by atoms with Crippen LogP contribution in [0.25, 0.3) is 0 Å². The van der Waals surface area contributed by atoms with Gasteiger partial charge in [0.15, 0.2) is 5.82 Å². The molecular formula is C14H17N5O2. The van der Waals surface area contributed by atoms with Gasteiger partial charge in [-0.05, 0) is 12.1 Å². The van der Waals surface area contributed by atoms with Crippen molar-refractivity contribution in [1.82, 2.24) is 19.7 Å². The predicted octanol–water partition coefficient (Wildman–Crippen LogP) is 0.672. The van der Waals surface area contributed by atoms with E-state index in [0.717, 1.165) is 12.4 Å². The number of benzene rings is 1. The lowest BCUT2D eigenvalue weighted by Gasteiger charge is -2.27. The van der Waals surface area contributed by atoms with Crippen LogP contribution in [0.5, 0.6) is 5.75 Å². The van der Waals surface area contributed by atoms with Gasteiger partial charge in [-0.25, -0.2) is 0 Å². The lowest BCUT2D eigenvalue weighted by Crippen LogP contribution is -2.38. The van der Waals surface area contributed by atoms with Crippen LogP contribution in [0.3, 0.4) is 0 Å². The first kappa shape index (κ1) is 13.4. The second-order valence-electron chi connectivity index (χ2n) is 4.93. The third-order valence-electron chi connectivity index (χ3n) is 3.43. The first-order valence-electron chi connectivity index (χ1n) is 6.85. The Labute approximate surface area is 122 Å². The van der Waals surface area contributed by atoms with E-state index in [-0.39, 0.29) is 5.91 Å². The van der Waals surface area contributed by atoms with Crippen molar-refractivity contribution in [3.8, 4) is 5.75 Å². The van der Waals surface area contributed by atoms with Crippen LogP contribution in [-0.4, -0.2) is 38.7 Å². The number of rotatable bonds is 4. The van der Waals surface area contributed by atoms with Crippen molar-refractivity contribution in [3.05, 3.63) is 36.4 Å². The largest absolute Gasteiger partial charge is 0.493 e. The number of carbonyl (C=O) groups excluding carboxylic acids is 1. The molecule has 0 radical (unpaired) electrons. The Morgan fingerprint density at radius 2 is 2.29 bits per heavy atom. The Morgan fingerprint density at radius 3 is 3.14 bits per heavy atom.